The zero-order chi connectivity index (χ0) is 11.5. The summed E-state index contributed by atoms with van der Waals surface area (Å²) in [5.74, 6) is 0.837. The van der Waals surface area contributed by atoms with Crippen molar-refractivity contribution in [1.29, 1.82) is 0 Å². The summed E-state index contributed by atoms with van der Waals surface area (Å²) in [6.07, 6.45) is 1.94. The minimum absolute atomic E-state index is 0.0406. The number of ether oxygens (including phenoxy) is 1. The van der Waals surface area contributed by atoms with E-state index < -0.39 is 0 Å². The van der Waals surface area contributed by atoms with E-state index in [4.69, 9.17) is 16.3 Å². The first kappa shape index (κ1) is 11.9. The summed E-state index contributed by atoms with van der Waals surface area (Å²) in [6, 6.07) is 7.78. The molecular formula is C12H13BrClNO. The summed E-state index contributed by atoms with van der Waals surface area (Å²) >= 11 is 9.35. The highest BCUT2D eigenvalue weighted by Gasteiger charge is 2.29. The third-order valence-electron chi connectivity index (χ3n) is 2.46. The molecule has 0 N–H and O–H groups in total. The van der Waals surface area contributed by atoms with Gasteiger partial charge < -0.3 is 4.74 Å². The Bertz CT molecular complexity index is 391. The first-order valence-electron chi connectivity index (χ1n) is 5.33. The van der Waals surface area contributed by atoms with Gasteiger partial charge in [-0.1, -0.05) is 30.7 Å². The molecule has 4 heteroatoms. The minimum Gasteiger partial charge on any atom is -0.464 e. The number of benzene rings is 1. The van der Waals surface area contributed by atoms with Crippen LogP contribution in [-0.4, -0.2) is 10.9 Å². The number of aliphatic imine (C=N–C) groups is 1. The molecule has 0 bridgehead atoms. The molecule has 2 rings (SSSR count). The van der Waals surface area contributed by atoms with Crippen molar-refractivity contribution in [2.45, 2.75) is 30.8 Å². The van der Waals surface area contributed by atoms with Crippen LogP contribution in [0.3, 0.4) is 0 Å². The van der Waals surface area contributed by atoms with Crippen LogP contribution in [0.15, 0.2) is 29.3 Å². The maximum atomic E-state index is 5.85. The number of alkyl halides is 1. The van der Waals surface area contributed by atoms with Gasteiger partial charge in [0.2, 0.25) is 0 Å². The zero-order valence-electron chi connectivity index (χ0n) is 8.99. The van der Waals surface area contributed by atoms with Gasteiger partial charge in [-0.2, -0.15) is 0 Å². The molecular weight excluding hydrogens is 289 g/mol. The second-order valence-electron chi connectivity index (χ2n) is 3.74. The Hall–Kier alpha value is -0.540. The average Bonchev–Trinajstić information content (AvgIpc) is 2.61. The summed E-state index contributed by atoms with van der Waals surface area (Å²) in [6.45, 7) is 2.12. The van der Waals surface area contributed by atoms with Crippen molar-refractivity contribution in [2.24, 2.45) is 4.99 Å². The normalized spacial score (nSPS) is 24.1. The van der Waals surface area contributed by atoms with E-state index in [9.17, 15) is 0 Å². The van der Waals surface area contributed by atoms with Crippen molar-refractivity contribution < 1.29 is 4.74 Å². The number of hydrogen-bond donors (Lipinski definition) is 0. The van der Waals surface area contributed by atoms with Gasteiger partial charge in [-0.05, 0) is 40.0 Å². The molecule has 86 valence electrons. The summed E-state index contributed by atoms with van der Waals surface area (Å²) in [5, 5.41) is 0.682. The van der Waals surface area contributed by atoms with E-state index >= 15 is 0 Å². The molecule has 16 heavy (non-hydrogen) atoms. The van der Waals surface area contributed by atoms with Crippen molar-refractivity contribution in [2.75, 3.05) is 0 Å². The van der Waals surface area contributed by atoms with Gasteiger partial charge in [-0.15, -0.1) is 0 Å². The number of rotatable bonds is 3. The molecule has 0 saturated carbocycles. The van der Waals surface area contributed by atoms with Crippen LogP contribution in [0.1, 0.15) is 31.4 Å². The van der Waals surface area contributed by atoms with E-state index in [1.54, 1.807) is 0 Å². The molecule has 0 amide bonds. The molecule has 2 unspecified atom stereocenters. The van der Waals surface area contributed by atoms with E-state index in [1.807, 2.05) is 24.3 Å². The highest BCUT2D eigenvalue weighted by molar-refractivity contribution is 9.09. The van der Waals surface area contributed by atoms with Crippen LogP contribution < -0.4 is 0 Å². The van der Waals surface area contributed by atoms with Crippen LogP contribution in [0, 0.1) is 0 Å². The molecule has 1 aromatic rings. The fourth-order valence-corrected chi connectivity index (χ4v) is 2.43. The average molecular weight is 303 g/mol. The van der Waals surface area contributed by atoms with Gasteiger partial charge in [0.15, 0.2) is 10.9 Å². The lowest BCUT2D eigenvalue weighted by atomic mass is 10.1. The highest BCUT2D eigenvalue weighted by atomic mass is 79.9. The Balaban J connectivity index is 2.17. The Morgan fingerprint density at radius 1 is 1.38 bits per heavy atom. The zero-order valence-corrected chi connectivity index (χ0v) is 11.3. The van der Waals surface area contributed by atoms with Crippen molar-refractivity contribution in [3.8, 4) is 0 Å². The quantitative estimate of drug-likeness (QED) is 0.762. The number of nitrogens with zero attached hydrogens (tertiary/aromatic N) is 1. The van der Waals surface area contributed by atoms with Crippen LogP contribution in [-0.2, 0) is 4.74 Å². The first-order valence-corrected chi connectivity index (χ1v) is 6.63. The van der Waals surface area contributed by atoms with E-state index in [1.165, 1.54) is 0 Å². The number of halogens is 2. The standard InChI is InChI=1S/C12H13BrClNO/c1-2-3-10-15-11(12(13)16-10)8-4-6-9(14)7-5-8/h4-7,11-12H,2-3H2,1H3. The van der Waals surface area contributed by atoms with E-state index in [2.05, 4.69) is 27.8 Å². The van der Waals surface area contributed by atoms with Crippen molar-refractivity contribution in [3.05, 3.63) is 34.9 Å². The van der Waals surface area contributed by atoms with Gasteiger partial charge in [-0.3, -0.25) is 0 Å². The smallest absolute Gasteiger partial charge is 0.185 e. The van der Waals surface area contributed by atoms with E-state index in [0.29, 0.717) is 0 Å². The van der Waals surface area contributed by atoms with Crippen LogP contribution in [0.5, 0.6) is 0 Å². The largest absolute Gasteiger partial charge is 0.464 e. The second-order valence-corrected chi connectivity index (χ2v) is 5.08. The van der Waals surface area contributed by atoms with Crippen molar-refractivity contribution >= 4 is 33.4 Å². The SMILES string of the molecule is CCCC1=NC(c2ccc(Cl)cc2)C(Br)O1. The van der Waals surface area contributed by atoms with Gasteiger partial charge in [0.05, 0.1) is 0 Å². The Kier molecular flexibility index (Phi) is 3.87. The van der Waals surface area contributed by atoms with Crippen molar-refractivity contribution in [1.82, 2.24) is 0 Å². The van der Waals surface area contributed by atoms with Gasteiger partial charge in [0.1, 0.15) is 6.04 Å². The molecule has 1 aliphatic rings. The molecule has 0 spiro atoms. The van der Waals surface area contributed by atoms with Crippen LogP contribution >= 0.6 is 27.5 Å². The monoisotopic (exact) mass is 301 g/mol. The van der Waals surface area contributed by atoms with Gasteiger partial charge >= 0.3 is 0 Å². The second kappa shape index (κ2) is 5.19. The fraction of sp³-hybridized carbons (Fsp3) is 0.417. The lowest BCUT2D eigenvalue weighted by Gasteiger charge is -2.11. The van der Waals surface area contributed by atoms with Gasteiger partial charge in [0.25, 0.3) is 0 Å². The van der Waals surface area contributed by atoms with E-state index in [0.717, 1.165) is 29.3 Å². The fourth-order valence-electron chi connectivity index (χ4n) is 1.66. The molecule has 1 heterocycles. The molecule has 0 fully saturated rings. The van der Waals surface area contributed by atoms with Gasteiger partial charge in [-0.25, -0.2) is 4.99 Å². The number of hydrogen-bond acceptors (Lipinski definition) is 2. The van der Waals surface area contributed by atoms with Crippen LogP contribution in [0.25, 0.3) is 0 Å². The highest BCUT2D eigenvalue weighted by Crippen LogP contribution is 2.33. The topological polar surface area (TPSA) is 21.6 Å². The summed E-state index contributed by atoms with van der Waals surface area (Å²) in [4.78, 5) is 4.56. The molecule has 0 saturated heterocycles. The third kappa shape index (κ3) is 2.58. The Morgan fingerprint density at radius 3 is 2.69 bits per heavy atom. The maximum absolute atomic E-state index is 5.85. The molecule has 2 atom stereocenters. The van der Waals surface area contributed by atoms with Crippen LogP contribution in [0.4, 0.5) is 0 Å². The lowest BCUT2D eigenvalue weighted by Crippen LogP contribution is -2.08. The summed E-state index contributed by atoms with van der Waals surface area (Å²) in [5.41, 5.74) is 1.12. The van der Waals surface area contributed by atoms with Crippen LogP contribution in [0.2, 0.25) is 5.02 Å². The molecule has 0 aliphatic carbocycles. The van der Waals surface area contributed by atoms with E-state index in [-0.39, 0.29) is 11.1 Å². The first-order chi connectivity index (χ1) is 7.70. The third-order valence-corrected chi connectivity index (χ3v) is 3.39. The molecule has 1 aliphatic heterocycles. The lowest BCUT2D eigenvalue weighted by molar-refractivity contribution is 0.283. The minimum atomic E-state index is -0.0600. The summed E-state index contributed by atoms with van der Waals surface area (Å²) in [7, 11) is 0. The molecule has 1 aromatic carbocycles. The Labute approximate surface area is 109 Å². The molecule has 0 aromatic heterocycles. The molecule has 0 radical (unpaired) electrons. The summed E-state index contributed by atoms with van der Waals surface area (Å²) < 4.78 is 5.63. The predicted molar refractivity (Wildman–Crippen MR) is 70.3 cm³/mol. The maximum Gasteiger partial charge on any atom is 0.185 e. The van der Waals surface area contributed by atoms with Crippen molar-refractivity contribution in [3.63, 3.8) is 0 Å². The molecule has 2 nitrogen and oxygen atoms in total. The predicted octanol–water partition coefficient (Wildman–Crippen LogP) is 4.33. The Morgan fingerprint density at radius 2 is 2.06 bits per heavy atom. The van der Waals surface area contributed by atoms with Gasteiger partial charge in [0, 0.05) is 11.4 Å².